The first kappa shape index (κ1) is 15.0. The van der Waals surface area contributed by atoms with E-state index in [4.69, 9.17) is 17.4 Å². The van der Waals surface area contributed by atoms with Crippen LogP contribution in [0.4, 0.5) is 0 Å². The maximum absolute atomic E-state index is 11.4. The molecule has 0 amide bonds. The van der Waals surface area contributed by atoms with Gasteiger partial charge in [0.05, 0.1) is 10.9 Å². The molecule has 2 aromatic carbocycles. The Morgan fingerprint density at radius 1 is 1.00 bits per heavy atom. The molecule has 0 saturated heterocycles. The maximum Gasteiger partial charge on any atom is 0.175 e. The van der Waals surface area contributed by atoms with Gasteiger partial charge in [0.25, 0.3) is 0 Å². The van der Waals surface area contributed by atoms with E-state index in [0.29, 0.717) is 5.02 Å². The molecule has 0 aliphatic rings. The van der Waals surface area contributed by atoms with Gasteiger partial charge in [0.2, 0.25) is 0 Å². The number of rotatable bonds is 4. The molecule has 0 fully saturated rings. The molecule has 0 aromatic heterocycles. The molecule has 106 valence electrons. The lowest BCUT2D eigenvalue weighted by Gasteiger charge is -2.17. The molecule has 0 aliphatic heterocycles. The van der Waals surface area contributed by atoms with E-state index in [2.05, 4.69) is 5.43 Å². The van der Waals surface area contributed by atoms with Gasteiger partial charge in [-0.1, -0.05) is 35.9 Å². The summed E-state index contributed by atoms with van der Waals surface area (Å²) in [4.78, 5) is 0.285. The first-order chi connectivity index (χ1) is 9.41. The van der Waals surface area contributed by atoms with Crippen LogP contribution in [0.2, 0.25) is 5.02 Å². The lowest BCUT2D eigenvalue weighted by molar-refractivity contribution is 0.601. The van der Waals surface area contributed by atoms with Crippen molar-refractivity contribution in [3.63, 3.8) is 0 Å². The van der Waals surface area contributed by atoms with Gasteiger partial charge in [0, 0.05) is 11.3 Å². The molecular weight excluding hydrogens is 296 g/mol. The van der Waals surface area contributed by atoms with Crippen molar-refractivity contribution in [2.24, 2.45) is 5.84 Å². The van der Waals surface area contributed by atoms with Gasteiger partial charge in [-0.05, 0) is 35.4 Å². The van der Waals surface area contributed by atoms with Crippen molar-refractivity contribution in [1.82, 2.24) is 5.43 Å². The quantitative estimate of drug-likeness (QED) is 0.671. The number of hydrogen-bond acceptors (Lipinski definition) is 4. The van der Waals surface area contributed by atoms with Gasteiger partial charge in [0.15, 0.2) is 9.84 Å². The molecule has 1 atom stereocenters. The van der Waals surface area contributed by atoms with Crippen LogP contribution in [0.1, 0.15) is 17.2 Å². The Labute approximate surface area is 123 Å². The average molecular weight is 311 g/mol. The summed E-state index contributed by atoms with van der Waals surface area (Å²) in [7, 11) is -3.19. The highest BCUT2D eigenvalue weighted by Gasteiger charge is 2.13. The van der Waals surface area contributed by atoms with Crippen LogP contribution in [0.15, 0.2) is 53.4 Å². The van der Waals surface area contributed by atoms with Gasteiger partial charge < -0.3 is 0 Å². The van der Waals surface area contributed by atoms with Crippen LogP contribution >= 0.6 is 11.6 Å². The smallest absolute Gasteiger partial charge is 0.175 e. The Balaban J connectivity index is 2.35. The molecule has 2 aromatic rings. The number of hydrogen-bond donors (Lipinski definition) is 2. The fourth-order valence-corrected chi connectivity index (χ4v) is 2.70. The van der Waals surface area contributed by atoms with E-state index < -0.39 is 9.84 Å². The maximum atomic E-state index is 11.4. The predicted molar refractivity (Wildman–Crippen MR) is 80.2 cm³/mol. The van der Waals surface area contributed by atoms with Gasteiger partial charge >= 0.3 is 0 Å². The zero-order valence-electron chi connectivity index (χ0n) is 10.9. The zero-order chi connectivity index (χ0) is 14.8. The molecular formula is C14H15ClN2O2S. The SMILES string of the molecule is CS(=O)(=O)c1ccc(C(NN)c2ccc(Cl)cc2)cc1. The summed E-state index contributed by atoms with van der Waals surface area (Å²) in [5.74, 6) is 5.60. The molecule has 1 unspecified atom stereocenters. The summed E-state index contributed by atoms with van der Waals surface area (Å²) in [5.41, 5.74) is 4.54. The van der Waals surface area contributed by atoms with Crippen molar-refractivity contribution < 1.29 is 8.42 Å². The van der Waals surface area contributed by atoms with Gasteiger partial charge in [-0.2, -0.15) is 0 Å². The predicted octanol–water partition coefficient (Wildman–Crippen LogP) is 2.30. The third-order valence-corrected chi connectivity index (χ3v) is 4.39. The van der Waals surface area contributed by atoms with E-state index in [1.165, 1.54) is 6.26 Å². The van der Waals surface area contributed by atoms with Crippen LogP contribution in [0, 0.1) is 0 Å². The minimum absolute atomic E-state index is 0.221. The Hall–Kier alpha value is -1.40. The van der Waals surface area contributed by atoms with E-state index in [1.807, 2.05) is 12.1 Å². The Bertz CT molecular complexity index is 682. The normalized spacial score (nSPS) is 13.2. The summed E-state index contributed by atoms with van der Waals surface area (Å²) in [5, 5.41) is 0.650. The average Bonchev–Trinajstić information content (AvgIpc) is 2.41. The third kappa shape index (κ3) is 3.37. The molecule has 3 N–H and O–H groups in total. The summed E-state index contributed by atoms with van der Waals surface area (Å²) >= 11 is 5.86. The van der Waals surface area contributed by atoms with Crippen LogP contribution < -0.4 is 11.3 Å². The molecule has 2 rings (SSSR count). The monoisotopic (exact) mass is 310 g/mol. The van der Waals surface area contributed by atoms with Crippen LogP contribution in [-0.4, -0.2) is 14.7 Å². The van der Waals surface area contributed by atoms with Crippen molar-refractivity contribution in [3.05, 3.63) is 64.7 Å². The number of hydrazine groups is 1. The number of nitrogens with two attached hydrogens (primary N) is 1. The minimum atomic E-state index is -3.19. The lowest BCUT2D eigenvalue weighted by atomic mass is 9.99. The Morgan fingerprint density at radius 2 is 1.45 bits per heavy atom. The molecule has 0 radical (unpaired) electrons. The molecule has 0 heterocycles. The first-order valence-electron chi connectivity index (χ1n) is 5.93. The van der Waals surface area contributed by atoms with Gasteiger partial charge in [0.1, 0.15) is 0 Å². The number of sulfone groups is 1. The van der Waals surface area contributed by atoms with E-state index in [-0.39, 0.29) is 10.9 Å². The van der Waals surface area contributed by atoms with E-state index in [9.17, 15) is 8.42 Å². The molecule has 0 bridgehead atoms. The summed E-state index contributed by atoms with van der Waals surface area (Å²) in [6.45, 7) is 0. The van der Waals surface area contributed by atoms with Crippen molar-refractivity contribution in [1.29, 1.82) is 0 Å². The highest BCUT2D eigenvalue weighted by molar-refractivity contribution is 7.90. The minimum Gasteiger partial charge on any atom is -0.271 e. The van der Waals surface area contributed by atoms with Crippen LogP contribution in [-0.2, 0) is 9.84 Å². The summed E-state index contributed by atoms with van der Waals surface area (Å²) in [6, 6.07) is 13.7. The molecule has 6 heteroatoms. The Morgan fingerprint density at radius 3 is 1.85 bits per heavy atom. The van der Waals surface area contributed by atoms with Crippen molar-refractivity contribution in [3.8, 4) is 0 Å². The molecule has 4 nitrogen and oxygen atoms in total. The first-order valence-corrected chi connectivity index (χ1v) is 8.20. The molecule has 20 heavy (non-hydrogen) atoms. The van der Waals surface area contributed by atoms with E-state index in [1.54, 1.807) is 36.4 Å². The van der Waals surface area contributed by atoms with Crippen LogP contribution in [0.3, 0.4) is 0 Å². The second-order valence-corrected chi connectivity index (χ2v) is 6.94. The van der Waals surface area contributed by atoms with Crippen molar-refractivity contribution >= 4 is 21.4 Å². The van der Waals surface area contributed by atoms with Crippen molar-refractivity contribution in [2.75, 3.05) is 6.26 Å². The van der Waals surface area contributed by atoms with E-state index >= 15 is 0 Å². The fraction of sp³-hybridized carbons (Fsp3) is 0.143. The van der Waals surface area contributed by atoms with Gasteiger partial charge in [-0.3, -0.25) is 5.84 Å². The van der Waals surface area contributed by atoms with Gasteiger partial charge in [-0.25, -0.2) is 13.8 Å². The second-order valence-electron chi connectivity index (χ2n) is 4.49. The number of benzene rings is 2. The topological polar surface area (TPSA) is 72.2 Å². The zero-order valence-corrected chi connectivity index (χ0v) is 12.4. The Kier molecular flexibility index (Phi) is 4.45. The molecule has 0 spiro atoms. The van der Waals surface area contributed by atoms with Gasteiger partial charge in [-0.15, -0.1) is 0 Å². The highest BCUT2D eigenvalue weighted by Crippen LogP contribution is 2.24. The molecule has 0 saturated carbocycles. The van der Waals surface area contributed by atoms with Crippen molar-refractivity contribution in [2.45, 2.75) is 10.9 Å². The third-order valence-electron chi connectivity index (χ3n) is 3.01. The lowest BCUT2D eigenvalue weighted by Crippen LogP contribution is -2.28. The second kappa shape index (κ2) is 5.93. The van der Waals surface area contributed by atoms with E-state index in [0.717, 1.165) is 11.1 Å². The fourth-order valence-electron chi connectivity index (χ4n) is 1.95. The molecule has 0 aliphatic carbocycles. The van der Waals surface area contributed by atoms with Crippen LogP contribution in [0.5, 0.6) is 0 Å². The largest absolute Gasteiger partial charge is 0.271 e. The number of nitrogens with one attached hydrogen (secondary N) is 1. The summed E-state index contributed by atoms with van der Waals surface area (Å²) < 4.78 is 22.9. The van der Waals surface area contributed by atoms with Crippen LogP contribution in [0.25, 0.3) is 0 Å². The highest BCUT2D eigenvalue weighted by atomic mass is 35.5. The number of halogens is 1. The standard InChI is InChI=1S/C14H15ClN2O2S/c1-20(18,19)13-8-4-11(5-9-13)14(17-16)10-2-6-12(15)7-3-10/h2-9,14,17H,16H2,1H3. The summed E-state index contributed by atoms with van der Waals surface area (Å²) in [6.07, 6.45) is 1.18.